The van der Waals surface area contributed by atoms with Crippen LogP contribution in [0.3, 0.4) is 0 Å². The number of nitrogens with one attached hydrogen (secondary N) is 2. The number of halogens is 2. The standard InChI is InChI=1S/C17H18BrClN2O2/c1-23-16-6-5-14(18)10-13(16)11-21-17(22)20-8-7-12-3-2-4-15(19)9-12/h2-6,9-10H,7-8,11H2,1H3,(H2,20,21,22). The summed E-state index contributed by atoms with van der Waals surface area (Å²) in [5.74, 6) is 0.743. The van der Waals surface area contributed by atoms with Crippen molar-refractivity contribution in [1.29, 1.82) is 0 Å². The Morgan fingerprint density at radius 2 is 2.04 bits per heavy atom. The maximum Gasteiger partial charge on any atom is 0.315 e. The predicted octanol–water partition coefficient (Wildman–Crippen LogP) is 4.15. The average Bonchev–Trinajstić information content (AvgIpc) is 2.53. The molecule has 0 unspecified atom stereocenters. The fourth-order valence-corrected chi connectivity index (χ4v) is 2.76. The van der Waals surface area contributed by atoms with Gasteiger partial charge in [-0.1, -0.05) is 39.7 Å². The minimum atomic E-state index is -0.214. The summed E-state index contributed by atoms with van der Waals surface area (Å²) >= 11 is 9.34. The molecule has 2 rings (SSSR count). The number of carbonyl (C=O) groups excluding carboxylic acids is 1. The van der Waals surface area contributed by atoms with E-state index in [-0.39, 0.29) is 6.03 Å². The summed E-state index contributed by atoms with van der Waals surface area (Å²) in [6.45, 7) is 0.938. The van der Waals surface area contributed by atoms with Crippen molar-refractivity contribution in [3.05, 3.63) is 63.1 Å². The molecule has 2 N–H and O–H groups in total. The molecule has 0 aromatic heterocycles. The molecular weight excluding hydrogens is 380 g/mol. The lowest BCUT2D eigenvalue weighted by atomic mass is 10.1. The first-order valence-electron chi connectivity index (χ1n) is 7.17. The number of rotatable bonds is 6. The largest absolute Gasteiger partial charge is 0.496 e. The molecule has 6 heteroatoms. The number of amides is 2. The first-order chi connectivity index (χ1) is 11.1. The smallest absolute Gasteiger partial charge is 0.315 e. The molecular formula is C17H18BrClN2O2. The normalized spacial score (nSPS) is 10.2. The van der Waals surface area contributed by atoms with Crippen LogP contribution in [0.15, 0.2) is 46.9 Å². The van der Waals surface area contributed by atoms with Gasteiger partial charge in [-0.25, -0.2) is 4.79 Å². The van der Waals surface area contributed by atoms with Gasteiger partial charge < -0.3 is 15.4 Å². The number of hydrogen-bond donors (Lipinski definition) is 2. The monoisotopic (exact) mass is 396 g/mol. The zero-order valence-electron chi connectivity index (χ0n) is 12.7. The van der Waals surface area contributed by atoms with Gasteiger partial charge in [-0.15, -0.1) is 0 Å². The van der Waals surface area contributed by atoms with Gasteiger partial charge in [-0.2, -0.15) is 0 Å². The summed E-state index contributed by atoms with van der Waals surface area (Å²) in [6, 6.07) is 13.1. The van der Waals surface area contributed by atoms with E-state index in [0.717, 1.165) is 27.8 Å². The van der Waals surface area contributed by atoms with Crippen LogP contribution in [0.4, 0.5) is 4.79 Å². The Bertz CT molecular complexity index is 679. The molecule has 0 saturated heterocycles. The lowest BCUT2D eigenvalue weighted by Gasteiger charge is -2.11. The maximum absolute atomic E-state index is 11.9. The molecule has 2 aromatic rings. The van der Waals surface area contributed by atoms with Crippen LogP contribution in [0, 0.1) is 0 Å². The third-order valence-electron chi connectivity index (χ3n) is 3.27. The van der Waals surface area contributed by atoms with Crippen molar-refractivity contribution in [2.45, 2.75) is 13.0 Å². The molecule has 0 aliphatic rings. The predicted molar refractivity (Wildman–Crippen MR) is 96.1 cm³/mol. The van der Waals surface area contributed by atoms with Crippen LogP contribution >= 0.6 is 27.5 Å². The summed E-state index contributed by atoms with van der Waals surface area (Å²) in [5, 5.41) is 6.35. The Morgan fingerprint density at radius 1 is 1.22 bits per heavy atom. The zero-order valence-corrected chi connectivity index (χ0v) is 15.1. The second kappa shape index (κ2) is 8.79. The van der Waals surface area contributed by atoms with E-state index in [9.17, 15) is 4.79 Å². The van der Waals surface area contributed by atoms with E-state index in [1.54, 1.807) is 7.11 Å². The molecule has 0 fully saturated rings. The van der Waals surface area contributed by atoms with Gasteiger partial charge in [0.2, 0.25) is 0 Å². The van der Waals surface area contributed by atoms with Crippen LogP contribution in [-0.2, 0) is 13.0 Å². The van der Waals surface area contributed by atoms with E-state index in [0.29, 0.717) is 18.1 Å². The van der Waals surface area contributed by atoms with Crippen molar-refractivity contribution in [1.82, 2.24) is 10.6 Å². The number of benzene rings is 2. The lowest BCUT2D eigenvalue weighted by molar-refractivity contribution is 0.240. The van der Waals surface area contributed by atoms with Crippen LogP contribution in [0.25, 0.3) is 0 Å². The fourth-order valence-electron chi connectivity index (χ4n) is 2.14. The number of hydrogen-bond acceptors (Lipinski definition) is 2. The van der Waals surface area contributed by atoms with E-state index in [2.05, 4.69) is 26.6 Å². The van der Waals surface area contributed by atoms with Crippen LogP contribution < -0.4 is 15.4 Å². The van der Waals surface area contributed by atoms with Gasteiger partial charge in [0.15, 0.2) is 0 Å². The van der Waals surface area contributed by atoms with E-state index < -0.39 is 0 Å². The van der Waals surface area contributed by atoms with Gasteiger partial charge in [0.25, 0.3) is 0 Å². The summed E-state index contributed by atoms with van der Waals surface area (Å²) in [7, 11) is 1.61. The molecule has 23 heavy (non-hydrogen) atoms. The maximum atomic E-state index is 11.9. The highest BCUT2D eigenvalue weighted by atomic mass is 79.9. The highest BCUT2D eigenvalue weighted by Crippen LogP contribution is 2.22. The molecule has 0 aliphatic heterocycles. The minimum Gasteiger partial charge on any atom is -0.496 e. The second-order valence-electron chi connectivity index (χ2n) is 4.95. The number of methoxy groups -OCH3 is 1. The van der Waals surface area contributed by atoms with Crippen LogP contribution in [0.2, 0.25) is 5.02 Å². The highest BCUT2D eigenvalue weighted by molar-refractivity contribution is 9.10. The van der Waals surface area contributed by atoms with Crippen molar-refractivity contribution in [3.63, 3.8) is 0 Å². The average molecular weight is 398 g/mol. The van der Waals surface area contributed by atoms with Crippen molar-refractivity contribution < 1.29 is 9.53 Å². The summed E-state index contributed by atoms with van der Waals surface area (Å²) in [4.78, 5) is 11.9. The van der Waals surface area contributed by atoms with Crippen molar-refractivity contribution in [3.8, 4) is 5.75 Å². The van der Waals surface area contributed by atoms with Gasteiger partial charge in [0.1, 0.15) is 5.75 Å². The van der Waals surface area contributed by atoms with Crippen molar-refractivity contribution >= 4 is 33.6 Å². The Hall–Kier alpha value is -1.72. The van der Waals surface area contributed by atoms with Gasteiger partial charge in [-0.3, -0.25) is 0 Å². The third-order valence-corrected chi connectivity index (χ3v) is 4.00. The molecule has 2 amide bonds. The molecule has 0 aliphatic carbocycles. The number of carbonyl (C=O) groups is 1. The quantitative estimate of drug-likeness (QED) is 0.769. The van der Waals surface area contributed by atoms with Crippen LogP contribution in [-0.4, -0.2) is 19.7 Å². The van der Waals surface area contributed by atoms with Crippen molar-refractivity contribution in [2.75, 3.05) is 13.7 Å². The highest BCUT2D eigenvalue weighted by Gasteiger charge is 2.06. The first kappa shape index (κ1) is 17.6. The molecule has 4 nitrogen and oxygen atoms in total. The Balaban J connectivity index is 1.78. The number of urea groups is 1. The minimum absolute atomic E-state index is 0.214. The van der Waals surface area contributed by atoms with E-state index >= 15 is 0 Å². The molecule has 2 aromatic carbocycles. The molecule has 0 atom stereocenters. The molecule has 0 bridgehead atoms. The molecule has 0 radical (unpaired) electrons. The number of ether oxygens (including phenoxy) is 1. The lowest BCUT2D eigenvalue weighted by Crippen LogP contribution is -2.36. The zero-order chi connectivity index (χ0) is 16.7. The molecule has 0 spiro atoms. The fraction of sp³-hybridized carbons (Fsp3) is 0.235. The Kier molecular flexibility index (Phi) is 6.74. The van der Waals surface area contributed by atoms with Crippen molar-refractivity contribution in [2.24, 2.45) is 0 Å². The van der Waals surface area contributed by atoms with Gasteiger partial charge in [0.05, 0.1) is 7.11 Å². The summed E-state index contributed by atoms with van der Waals surface area (Å²) in [6.07, 6.45) is 0.730. The summed E-state index contributed by atoms with van der Waals surface area (Å²) < 4.78 is 6.22. The summed E-state index contributed by atoms with van der Waals surface area (Å²) in [5.41, 5.74) is 2.00. The van der Waals surface area contributed by atoms with Crippen LogP contribution in [0.5, 0.6) is 5.75 Å². The van der Waals surface area contributed by atoms with E-state index in [1.807, 2.05) is 42.5 Å². The van der Waals surface area contributed by atoms with Gasteiger partial charge in [0, 0.05) is 28.1 Å². The second-order valence-corrected chi connectivity index (χ2v) is 6.30. The molecule has 0 saturated carbocycles. The van der Waals surface area contributed by atoms with E-state index in [4.69, 9.17) is 16.3 Å². The molecule has 0 heterocycles. The van der Waals surface area contributed by atoms with E-state index in [1.165, 1.54) is 0 Å². The third kappa shape index (κ3) is 5.77. The first-order valence-corrected chi connectivity index (χ1v) is 8.34. The van der Waals surface area contributed by atoms with Crippen LogP contribution in [0.1, 0.15) is 11.1 Å². The Morgan fingerprint density at radius 3 is 2.78 bits per heavy atom. The van der Waals surface area contributed by atoms with Gasteiger partial charge in [-0.05, 0) is 42.3 Å². The molecule has 122 valence electrons. The topological polar surface area (TPSA) is 50.4 Å². The SMILES string of the molecule is COc1ccc(Br)cc1CNC(=O)NCCc1cccc(Cl)c1. The van der Waals surface area contributed by atoms with Gasteiger partial charge >= 0.3 is 6.03 Å². The Labute approximate surface area is 149 Å².